The van der Waals surface area contributed by atoms with Crippen LogP contribution in [-0.4, -0.2) is 61.3 Å². The number of rotatable bonds is 10. The van der Waals surface area contributed by atoms with E-state index in [4.69, 9.17) is 5.10 Å². The summed E-state index contributed by atoms with van der Waals surface area (Å²) in [5.74, 6) is 1.19. The smallest absolute Gasteiger partial charge is 0.242 e. The number of pyridine rings is 1. The van der Waals surface area contributed by atoms with E-state index in [9.17, 15) is 14.4 Å². The molecule has 208 valence electrons. The van der Waals surface area contributed by atoms with Crippen molar-refractivity contribution in [2.75, 3.05) is 37.0 Å². The highest BCUT2D eigenvalue weighted by molar-refractivity contribution is 6.07. The summed E-state index contributed by atoms with van der Waals surface area (Å²) in [4.78, 5) is 40.2. The molecule has 0 spiro atoms. The van der Waals surface area contributed by atoms with Crippen LogP contribution in [-0.2, 0) is 16.0 Å². The molecule has 1 aliphatic heterocycles. The van der Waals surface area contributed by atoms with E-state index in [1.165, 1.54) is 11.1 Å². The quantitative estimate of drug-likeness (QED) is 0.292. The highest BCUT2D eigenvalue weighted by Gasteiger charge is 2.28. The molecule has 2 aromatic heterocycles. The maximum Gasteiger partial charge on any atom is 0.242 e. The Morgan fingerprint density at radius 2 is 1.95 bits per heavy atom. The fourth-order valence-electron chi connectivity index (χ4n) is 6.05. The van der Waals surface area contributed by atoms with Crippen LogP contribution in [0, 0.1) is 0 Å². The third-order valence-electron chi connectivity index (χ3n) is 8.34. The van der Waals surface area contributed by atoms with Crippen LogP contribution in [0.5, 0.6) is 0 Å². The number of hydrogen-bond donors (Lipinski definition) is 1. The summed E-state index contributed by atoms with van der Waals surface area (Å²) in [6.07, 6.45) is 7.44. The normalized spacial score (nSPS) is 14.8. The van der Waals surface area contributed by atoms with Gasteiger partial charge in [0.1, 0.15) is 12.3 Å². The number of aryl methyl sites for hydroxylation is 1. The van der Waals surface area contributed by atoms with Crippen molar-refractivity contribution >= 4 is 46.3 Å². The summed E-state index contributed by atoms with van der Waals surface area (Å²) in [6, 6.07) is 15.9. The third kappa shape index (κ3) is 5.18. The summed E-state index contributed by atoms with van der Waals surface area (Å²) in [7, 11) is 3.46. The van der Waals surface area contributed by atoms with Crippen LogP contribution in [0.4, 0.5) is 11.5 Å². The summed E-state index contributed by atoms with van der Waals surface area (Å²) >= 11 is 0. The second kappa shape index (κ2) is 11.9. The fourth-order valence-corrected chi connectivity index (χ4v) is 6.05. The maximum absolute atomic E-state index is 12.7. The van der Waals surface area contributed by atoms with E-state index in [1.54, 1.807) is 7.05 Å². The molecular weight excluding hydrogens is 502 g/mol. The molecule has 40 heavy (non-hydrogen) atoms. The molecule has 0 bridgehead atoms. The van der Waals surface area contributed by atoms with Gasteiger partial charge in [0.25, 0.3) is 0 Å². The van der Waals surface area contributed by atoms with Gasteiger partial charge in [0.15, 0.2) is 12.1 Å². The summed E-state index contributed by atoms with van der Waals surface area (Å²) < 4.78 is 1.98. The summed E-state index contributed by atoms with van der Waals surface area (Å²) in [6.45, 7) is 3.95. The zero-order valence-corrected chi connectivity index (χ0v) is 23.5. The second-order valence-electron chi connectivity index (χ2n) is 10.6. The van der Waals surface area contributed by atoms with Gasteiger partial charge in [-0.1, -0.05) is 37.3 Å². The number of piperidine rings is 1. The van der Waals surface area contributed by atoms with E-state index in [2.05, 4.69) is 53.7 Å². The SMILES string of the molecule is CCc1ccc2cc(N3CCC(c4ccc(N(C)C(CCC=O)C(=O)NC)c5c(C=O)cccc45)CC3)nn2c1. The first kappa shape index (κ1) is 27.4. The van der Waals surface area contributed by atoms with Gasteiger partial charge in [-0.25, -0.2) is 4.52 Å². The van der Waals surface area contributed by atoms with Gasteiger partial charge in [-0.15, -0.1) is 0 Å². The average molecular weight is 540 g/mol. The summed E-state index contributed by atoms with van der Waals surface area (Å²) in [5.41, 5.74) is 5.00. The Morgan fingerprint density at radius 1 is 1.15 bits per heavy atom. The minimum atomic E-state index is -0.522. The number of aromatic nitrogens is 2. The zero-order valence-electron chi connectivity index (χ0n) is 23.5. The predicted molar refractivity (Wildman–Crippen MR) is 160 cm³/mol. The Bertz CT molecular complexity index is 1540. The number of benzene rings is 2. The van der Waals surface area contributed by atoms with Crippen LogP contribution < -0.4 is 15.1 Å². The predicted octanol–water partition coefficient (Wildman–Crippen LogP) is 4.78. The van der Waals surface area contributed by atoms with Crippen molar-refractivity contribution in [2.45, 2.75) is 51.0 Å². The first-order chi connectivity index (χ1) is 19.5. The van der Waals surface area contributed by atoms with Crippen LogP contribution >= 0.6 is 0 Å². The molecule has 8 heteroatoms. The van der Waals surface area contributed by atoms with Crippen molar-refractivity contribution in [3.05, 3.63) is 71.4 Å². The molecule has 4 aromatic rings. The molecule has 5 rings (SSSR count). The number of aldehydes is 2. The molecule has 0 aliphatic carbocycles. The number of hydrogen-bond acceptors (Lipinski definition) is 6. The van der Waals surface area contributed by atoms with Crippen molar-refractivity contribution in [3.63, 3.8) is 0 Å². The van der Waals surface area contributed by atoms with Crippen LogP contribution in [0.25, 0.3) is 16.3 Å². The van der Waals surface area contributed by atoms with Crippen LogP contribution in [0.2, 0.25) is 0 Å². The topological polar surface area (TPSA) is 87.0 Å². The molecule has 1 aliphatic rings. The lowest BCUT2D eigenvalue weighted by atomic mass is 9.85. The number of fused-ring (bicyclic) bond motifs is 2. The van der Waals surface area contributed by atoms with Gasteiger partial charge < -0.3 is 19.9 Å². The standard InChI is InChI=1S/C32H37N5O3/c1-4-22-10-11-25-19-30(34-37(25)20-22)36-16-14-23(15-17-36)26-12-13-28(31-24(21-39)7-5-8-27(26)31)35(3)29(9-6-18-38)32(40)33-2/h5,7-8,10-13,18-21,23,29H,4,6,9,14-17H2,1-3H3,(H,33,40). The second-order valence-corrected chi connectivity index (χ2v) is 10.6. The number of nitrogens with zero attached hydrogens (tertiary/aromatic N) is 4. The lowest BCUT2D eigenvalue weighted by Gasteiger charge is -2.34. The number of amides is 1. The van der Waals surface area contributed by atoms with Crippen molar-refractivity contribution in [1.29, 1.82) is 0 Å². The molecule has 2 aromatic carbocycles. The first-order valence-electron chi connectivity index (χ1n) is 14.1. The van der Waals surface area contributed by atoms with E-state index in [0.29, 0.717) is 17.9 Å². The fraction of sp³-hybridized carbons (Fsp3) is 0.375. The highest BCUT2D eigenvalue weighted by Crippen LogP contribution is 2.39. The van der Waals surface area contributed by atoms with E-state index < -0.39 is 6.04 Å². The Kier molecular flexibility index (Phi) is 8.14. The largest absolute Gasteiger partial charge is 0.362 e. The van der Waals surface area contributed by atoms with Gasteiger partial charge in [0.05, 0.1) is 5.52 Å². The van der Waals surface area contributed by atoms with Gasteiger partial charge in [-0.3, -0.25) is 9.59 Å². The lowest BCUT2D eigenvalue weighted by molar-refractivity contribution is -0.122. The molecule has 1 atom stereocenters. The minimum absolute atomic E-state index is 0.157. The molecule has 1 saturated heterocycles. The average Bonchev–Trinajstić information content (AvgIpc) is 3.43. The van der Waals surface area contributed by atoms with Crippen LogP contribution in [0.3, 0.4) is 0 Å². The lowest BCUT2D eigenvalue weighted by Crippen LogP contribution is -2.44. The highest BCUT2D eigenvalue weighted by atomic mass is 16.2. The van der Waals surface area contributed by atoms with Crippen molar-refractivity contribution in [2.24, 2.45) is 0 Å². The molecule has 1 unspecified atom stereocenters. The molecule has 1 fully saturated rings. The Morgan fingerprint density at radius 3 is 2.65 bits per heavy atom. The van der Waals surface area contributed by atoms with Gasteiger partial charge in [-0.05, 0) is 60.2 Å². The number of carbonyl (C=O) groups excluding carboxylic acids is 3. The van der Waals surface area contributed by atoms with E-state index >= 15 is 0 Å². The van der Waals surface area contributed by atoms with Crippen molar-refractivity contribution < 1.29 is 14.4 Å². The number of anilines is 2. The number of likely N-dealkylation sites (N-methyl/N-ethyl adjacent to an activating group) is 2. The van der Waals surface area contributed by atoms with Crippen LogP contribution in [0.15, 0.2) is 54.7 Å². The van der Waals surface area contributed by atoms with Gasteiger partial charge in [0, 0.05) is 62.5 Å². The molecule has 3 heterocycles. The van der Waals surface area contributed by atoms with Crippen LogP contribution in [0.1, 0.15) is 60.0 Å². The minimum Gasteiger partial charge on any atom is -0.362 e. The molecule has 1 N–H and O–H groups in total. The van der Waals surface area contributed by atoms with E-state index in [1.807, 2.05) is 34.7 Å². The molecular formula is C32H37N5O3. The van der Waals surface area contributed by atoms with Gasteiger partial charge in [-0.2, -0.15) is 5.10 Å². The number of nitrogens with one attached hydrogen (secondary N) is 1. The molecule has 1 amide bonds. The van der Waals surface area contributed by atoms with Gasteiger partial charge >= 0.3 is 0 Å². The molecule has 0 radical (unpaired) electrons. The number of carbonyl (C=O) groups is 3. The maximum atomic E-state index is 12.7. The zero-order chi connectivity index (χ0) is 28.2. The molecule has 8 nitrogen and oxygen atoms in total. The van der Waals surface area contributed by atoms with Crippen molar-refractivity contribution in [1.82, 2.24) is 14.9 Å². The Labute approximate surface area is 234 Å². The molecule has 0 saturated carbocycles. The van der Waals surface area contributed by atoms with Crippen molar-refractivity contribution in [3.8, 4) is 0 Å². The summed E-state index contributed by atoms with van der Waals surface area (Å²) in [5, 5.41) is 9.46. The first-order valence-corrected chi connectivity index (χ1v) is 14.1. The van der Waals surface area contributed by atoms with Gasteiger partial charge in [0.2, 0.25) is 5.91 Å². The van der Waals surface area contributed by atoms with E-state index in [0.717, 1.165) is 72.7 Å². The van der Waals surface area contributed by atoms with E-state index in [-0.39, 0.29) is 12.3 Å². The Hall–Kier alpha value is -4.20. The third-order valence-corrected chi connectivity index (χ3v) is 8.34. The monoisotopic (exact) mass is 539 g/mol. The Balaban J connectivity index is 1.43.